The second-order valence-electron chi connectivity index (χ2n) is 10.7. The number of alkyl carbamates (subject to hydrolysis) is 1. The number of anilines is 1. The fourth-order valence-corrected chi connectivity index (χ4v) is 3.76. The van der Waals surface area contributed by atoms with Crippen molar-refractivity contribution in [3.05, 3.63) is 42.5 Å². The lowest BCUT2D eigenvalue weighted by molar-refractivity contribution is -0.129. The Bertz CT molecular complexity index is 1220. The molecule has 0 saturated heterocycles. The van der Waals surface area contributed by atoms with Crippen molar-refractivity contribution in [3.8, 4) is 0 Å². The highest BCUT2D eigenvalue weighted by atomic mass is 16.6. The second-order valence-corrected chi connectivity index (χ2v) is 10.7. The number of hydrogen-bond acceptors (Lipinski definition) is 6. The standard InChI is InChI=1S/C28H41N7O5/c1-17(2)23(35-27(39)40-28(3,4)5)25(38)32-16-22(36)34-21(11-8-14-31-26(29)30)24(37)33-20-13-12-18-9-6-7-10-19(18)15-20/h6-7,9-10,12-13,15,17,21,23H,8,11,14,16H2,1-5H3,(H,32,38)(H,33,37)(H,34,36)(H,35,39)(H4,29,30,31). The SMILES string of the molecule is CC(C)C(NC(=O)OC(C)(C)C)C(=O)NCC(=O)NC(CCCN=C(N)N)C(=O)Nc1ccc2ccccc2c1. The average Bonchev–Trinajstić information content (AvgIpc) is 2.86. The Morgan fingerprint density at radius 3 is 2.25 bits per heavy atom. The molecule has 0 aliphatic carbocycles. The molecule has 2 unspecified atom stereocenters. The maximum atomic E-state index is 13.1. The lowest BCUT2D eigenvalue weighted by Gasteiger charge is -2.25. The largest absolute Gasteiger partial charge is 0.444 e. The fourth-order valence-electron chi connectivity index (χ4n) is 3.76. The number of hydrogen-bond donors (Lipinski definition) is 6. The first-order valence-electron chi connectivity index (χ1n) is 13.2. The van der Waals surface area contributed by atoms with E-state index in [-0.39, 0.29) is 24.8 Å². The first-order chi connectivity index (χ1) is 18.7. The lowest BCUT2D eigenvalue weighted by atomic mass is 10.0. The van der Waals surface area contributed by atoms with Crippen LogP contribution in [-0.2, 0) is 19.1 Å². The molecule has 8 N–H and O–H groups in total. The highest BCUT2D eigenvalue weighted by Gasteiger charge is 2.28. The summed E-state index contributed by atoms with van der Waals surface area (Å²) in [6, 6.07) is 11.4. The summed E-state index contributed by atoms with van der Waals surface area (Å²) in [6.45, 7) is 8.53. The fraction of sp³-hybridized carbons (Fsp3) is 0.464. The summed E-state index contributed by atoms with van der Waals surface area (Å²) >= 11 is 0. The highest BCUT2D eigenvalue weighted by Crippen LogP contribution is 2.19. The van der Waals surface area contributed by atoms with Crippen LogP contribution in [0.4, 0.5) is 10.5 Å². The summed E-state index contributed by atoms with van der Waals surface area (Å²) in [5, 5.41) is 12.5. The zero-order valence-corrected chi connectivity index (χ0v) is 23.7. The van der Waals surface area contributed by atoms with Gasteiger partial charge in [-0.05, 0) is 62.4 Å². The van der Waals surface area contributed by atoms with Gasteiger partial charge < -0.3 is 37.5 Å². The molecule has 0 radical (unpaired) electrons. The van der Waals surface area contributed by atoms with Crippen LogP contribution < -0.4 is 32.7 Å². The Labute approximate surface area is 234 Å². The van der Waals surface area contributed by atoms with Crippen molar-refractivity contribution < 1.29 is 23.9 Å². The minimum Gasteiger partial charge on any atom is -0.444 e. The molecule has 0 fully saturated rings. The number of nitrogens with two attached hydrogens (primary N) is 2. The highest BCUT2D eigenvalue weighted by molar-refractivity contribution is 5.99. The van der Waals surface area contributed by atoms with Gasteiger partial charge >= 0.3 is 6.09 Å². The smallest absolute Gasteiger partial charge is 0.408 e. The summed E-state index contributed by atoms with van der Waals surface area (Å²) in [7, 11) is 0. The minimum absolute atomic E-state index is 0.0661. The van der Waals surface area contributed by atoms with Gasteiger partial charge in [0.25, 0.3) is 0 Å². The molecule has 2 rings (SSSR count). The zero-order valence-electron chi connectivity index (χ0n) is 23.7. The van der Waals surface area contributed by atoms with Gasteiger partial charge in [0.1, 0.15) is 17.7 Å². The van der Waals surface area contributed by atoms with Crippen molar-refractivity contribution in [2.24, 2.45) is 22.4 Å². The molecule has 2 aromatic carbocycles. The van der Waals surface area contributed by atoms with Crippen molar-refractivity contribution in [2.45, 2.75) is 65.1 Å². The number of carbonyl (C=O) groups is 4. The first kappa shape index (κ1) is 31.9. The minimum atomic E-state index is -0.922. The van der Waals surface area contributed by atoms with Crippen LogP contribution in [0.1, 0.15) is 47.5 Å². The van der Waals surface area contributed by atoms with Crippen LogP contribution in [0.15, 0.2) is 47.5 Å². The third-order valence-electron chi connectivity index (χ3n) is 5.66. The number of carbonyl (C=O) groups excluding carboxylic acids is 4. The maximum Gasteiger partial charge on any atom is 0.408 e. The van der Waals surface area contributed by atoms with Crippen molar-refractivity contribution >= 4 is 46.2 Å². The van der Waals surface area contributed by atoms with E-state index >= 15 is 0 Å². The van der Waals surface area contributed by atoms with E-state index in [9.17, 15) is 19.2 Å². The Hall–Kier alpha value is -4.35. The van der Waals surface area contributed by atoms with E-state index in [0.717, 1.165) is 10.8 Å². The van der Waals surface area contributed by atoms with E-state index < -0.39 is 48.0 Å². The van der Waals surface area contributed by atoms with Gasteiger partial charge in [0, 0.05) is 12.2 Å². The number of aliphatic imine (C=N–C) groups is 1. The molecule has 2 atom stereocenters. The van der Waals surface area contributed by atoms with Gasteiger partial charge in [0.2, 0.25) is 17.7 Å². The quantitative estimate of drug-likeness (QED) is 0.131. The number of ether oxygens (including phenoxy) is 1. The van der Waals surface area contributed by atoms with Crippen LogP contribution >= 0.6 is 0 Å². The summed E-state index contributed by atoms with van der Waals surface area (Å²) in [5.74, 6) is -1.89. The Balaban J connectivity index is 2.03. The molecule has 0 spiro atoms. The van der Waals surface area contributed by atoms with Crippen molar-refractivity contribution in [1.82, 2.24) is 16.0 Å². The molecule has 0 aromatic heterocycles. The predicted octanol–water partition coefficient (Wildman–Crippen LogP) is 1.98. The van der Waals surface area contributed by atoms with Gasteiger partial charge in [0.15, 0.2) is 5.96 Å². The first-order valence-corrected chi connectivity index (χ1v) is 13.2. The third-order valence-corrected chi connectivity index (χ3v) is 5.66. The molecule has 4 amide bonds. The van der Waals surface area contributed by atoms with Crippen LogP contribution in [0.3, 0.4) is 0 Å². The normalized spacial score (nSPS) is 12.7. The molecule has 0 aliphatic rings. The van der Waals surface area contributed by atoms with Gasteiger partial charge in [-0.25, -0.2) is 4.79 Å². The van der Waals surface area contributed by atoms with E-state index in [4.69, 9.17) is 16.2 Å². The third kappa shape index (κ3) is 11.2. The number of benzene rings is 2. The van der Waals surface area contributed by atoms with Crippen molar-refractivity contribution in [1.29, 1.82) is 0 Å². The zero-order chi connectivity index (χ0) is 29.9. The maximum absolute atomic E-state index is 13.1. The summed E-state index contributed by atoms with van der Waals surface area (Å²) < 4.78 is 5.23. The molecule has 40 heavy (non-hydrogen) atoms. The van der Waals surface area contributed by atoms with Crippen molar-refractivity contribution in [2.75, 3.05) is 18.4 Å². The number of rotatable bonds is 12. The van der Waals surface area contributed by atoms with Gasteiger partial charge in [0.05, 0.1) is 6.54 Å². The van der Waals surface area contributed by atoms with Gasteiger partial charge in [-0.15, -0.1) is 0 Å². The molecule has 0 aliphatic heterocycles. The van der Waals surface area contributed by atoms with Gasteiger partial charge in [-0.3, -0.25) is 19.4 Å². The van der Waals surface area contributed by atoms with E-state index in [1.807, 2.05) is 36.4 Å². The predicted molar refractivity (Wildman–Crippen MR) is 155 cm³/mol. The average molecular weight is 556 g/mol. The van der Waals surface area contributed by atoms with Crippen molar-refractivity contribution in [3.63, 3.8) is 0 Å². The second kappa shape index (κ2) is 14.7. The summed E-state index contributed by atoms with van der Waals surface area (Å²) in [6.07, 6.45) is -0.0581. The number of nitrogens with one attached hydrogen (secondary N) is 4. The van der Waals surface area contributed by atoms with Gasteiger partial charge in [-0.1, -0.05) is 44.2 Å². The van der Waals surface area contributed by atoms with Crippen LogP contribution in [-0.4, -0.2) is 60.5 Å². The Morgan fingerprint density at radius 1 is 0.950 bits per heavy atom. The van der Waals surface area contributed by atoms with Gasteiger partial charge in [-0.2, -0.15) is 0 Å². The van der Waals surface area contributed by atoms with Crippen LogP contribution in [0, 0.1) is 5.92 Å². The number of guanidine groups is 1. The molecule has 0 bridgehead atoms. The van der Waals surface area contributed by atoms with Crippen LogP contribution in [0.2, 0.25) is 0 Å². The molecular formula is C28H41N7O5. The molecule has 218 valence electrons. The molecule has 0 heterocycles. The Kier molecular flexibility index (Phi) is 11.7. The molecule has 0 saturated carbocycles. The number of amides is 4. The van der Waals surface area contributed by atoms with E-state index in [2.05, 4.69) is 26.3 Å². The number of fused-ring (bicyclic) bond motifs is 1. The lowest BCUT2D eigenvalue weighted by Crippen LogP contribution is -2.53. The summed E-state index contributed by atoms with van der Waals surface area (Å²) in [5.41, 5.74) is 10.6. The van der Waals surface area contributed by atoms with E-state index in [1.165, 1.54) is 0 Å². The Morgan fingerprint density at radius 2 is 1.62 bits per heavy atom. The van der Waals surface area contributed by atoms with Crippen LogP contribution in [0.5, 0.6) is 0 Å². The monoisotopic (exact) mass is 555 g/mol. The number of nitrogens with zero attached hydrogens (tertiary/aromatic N) is 1. The molecule has 12 heteroatoms. The molecular weight excluding hydrogens is 514 g/mol. The summed E-state index contributed by atoms with van der Waals surface area (Å²) in [4.78, 5) is 54.7. The molecule has 2 aromatic rings. The van der Waals surface area contributed by atoms with E-state index in [0.29, 0.717) is 12.1 Å². The topological polar surface area (TPSA) is 190 Å². The molecule has 12 nitrogen and oxygen atoms in total. The van der Waals surface area contributed by atoms with E-state index in [1.54, 1.807) is 40.7 Å². The van der Waals surface area contributed by atoms with Crippen LogP contribution in [0.25, 0.3) is 10.8 Å².